The molecular formula is C13H24O3S. The van der Waals surface area contributed by atoms with E-state index in [1.165, 1.54) is 6.26 Å². The molecule has 0 bridgehead atoms. The fourth-order valence-electron chi connectivity index (χ4n) is 3.70. The number of hydrogen-bond acceptors (Lipinski definition) is 3. The van der Waals surface area contributed by atoms with Gasteiger partial charge in [0.2, 0.25) is 0 Å². The molecule has 2 fully saturated rings. The smallest absolute Gasteiger partial charge is 0.150 e. The molecule has 0 aromatic heterocycles. The largest absolute Gasteiger partial charge is 0.390 e. The minimum atomic E-state index is -2.94. The Morgan fingerprint density at radius 2 is 1.94 bits per heavy atom. The average Bonchev–Trinajstić information content (AvgIpc) is 2.59. The monoisotopic (exact) mass is 260 g/mol. The highest BCUT2D eigenvalue weighted by Gasteiger charge is 2.45. The molecular weight excluding hydrogens is 236 g/mol. The van der Waals surface area contributed by atoms with Crippen LogP contribution in [0.15, 0.2) is 0 Å². The molecule has 4 unspecified atom stereocenters. The van der Waals surface area contributed by atoms with Crippen molar-refractivity contribution < 1.29 is 13.5 Å². The Bertz CT molecular complexity index is 376. The van der Waals surface area contributed by atoms with Gasteiger partial charge in [-0.1, -0.05) is 13.3 Å². The Hall–Kier alpha value is -0.0900. The molecule has 0 amide bonds. The van der Waals surface area contributed by atoms with Crippen molar-refractivity contribution in [2.45, 2.75) is 62.7 Å². The molecule has 4 heteroatoms. The van der Waals surface area contributed by atoms with Crippen molar-refractivity contribution in [2.75, 3.05) is 6.26 Å². The van der Waals surface area contributed by atoms with Crippen molar-refractivity contribution in [1.82, 2.24) is 0 Å². The highest BCUT2D eigenvalue weighted by atomic mass is 32.2. The summed E-state index contributed by atoms with van der Waals surface area (Å²) >= 11 is 0. The van der Waals surface area contributed by atoms with E-state index < -0.39 is 15.4 Å². The molecule has 2 saturated carbocycles. The van der Waals surface area contributed by atoms with Crippen LogP contribution in [0, 0.1) is 11.8 Å². The highest BCUT2D eigenvalue weighted by molar-refractivity contribution is 7.91. The maximum Gasteiger partial charge on any atom is 0.150 e. The summed E-state index contributed by atoms with van der Waals surface area (Å²) in [4.78, 5) is 0. The zero-order chi connectivity index (χ0) is 12.7. The Kier molecular flexibility index (Phi) is 3.56. The third kappa shape index (κ3) is 2.84. The SMILES string of the molecule is CC1CCC(O)(C2CCCC(S(C)(=O)=O)C2)C1. The van der Waals surface area contributed by atoms with E-state index >= 15 is 0 Å². The molecule has 2 aliphatic rings. The van der Waals surface area contributed by atoms with Gasteiger partial charge in [-0.2, -0.15) is 0 Å². The second-order valence-electron chi connectivity index (χ2n) is 6.27. The van der Waals surface area contributed by atoms with Gasteiger partial charge in [0.15, 0.2) is 0 Å². The maximum absolute atomic E-state index is 11.6. The van der Waals surface area contributed by atoms with Gasteiger partial charge in [0.1, 0.15) is 9.84 Å². The van der Waals surface area contributed by atoms with Crippen LogP contribution in [-0.2, 0) is 9.84 Å². The van der Waals surface area contributed by atoms with Gasteiger partial charge < -0.3 is 5.11 Å². The molecule has 100 valence electrons. The van der Waals surface area contributed by atoms with E-state index in [2.05, 4.69) is 6.92 Å². The molecule has 17 heavy (non-hydrogen) atoms. The van der Waals surface area contributed by atoms with Crippen LogP contribution in [0.2, 0.25) is 0 Å². The molecule has 3 nitrogen and oxygen atoms in total. The van der Waals surface area contributed by atoms with Gasteiger partial charge in [-0.15, -0.1) is 0 Å². The standard InChI is InChI=1S/C13H24O3S/c1-10-6-7-13(14,9-10)11-4-3-5-12(8-11)17(2,15)16/h10-12,14H,3-9H2,1-2H3. The summed E-state index contributed by atoms with van der Waals surface area (Å²) in [5.41, 5.74) is -0.581. The number of sulfone groups is 1. The fourth-order valence-corrected chi connectivity index (χ4v) is 4.87. The molecule has 2 rings (SSSR count). The van der Waals surface area contributed by atoms with Crippen LogP contribution in [0.4, 0.5) is 0 Å². The lowest BCUT2D eigenvalue weighted by molar-refractivity contribution is -0.0288. The first-order valence-electron chi connectivity index (χ1n) is 6.72. The third-order valence-electron chi connectivity index (χ3n) is 4.76. The van der Waals surface area contributed by atoms with Crippen LogP contribution in [0.1, 0.15) is 51.9 Å². The van der Waals surface area contributed by atoms with E-state index in [1.54, 1.807) is 0 Å². The summed E-state index contributed by atoms with van der Waals surface area (Å²) in [7, 11) is -2.94. The first-order chi connectivity index (χ1) is 7.81. The van der Waals surface area contributed by atoms with E-state index in [0.29, 0.717) is 12.3 Å². The molecule has 0 spiro atoms. The first-order valence-corrected chi connectivity index (χ1v) is 8.68. The van der Waals surface area contributed by atoms with Crippen molar-refractivity contribution in [3.63, 3.8) is 0 Å². The Morgan fingerprint density at radius 3 is 2.47 bits per heavy atom. The van der Waals surface area contributed by atoms with E-state index in [4.69, 9.17) is 0 Å². The Morgan fingerprint density at radius 1 is 1.24 bits per heavy atom. The Labute approximate surface area is 105 Å². The summed E-state index contributed by atoms with van der Waals surface area (Å²) < 4.78 is 23.3. The van der Waals surface area contributed by atoms with Gasteiger partial charge in [-0.25, -0.2) is 8.42 Å². The van der Waals surface area contributed by atoms with Crippen molar-refractivity contribution >= 4 is 9.84 Å². The first kappa shape index (κ1) is 13.3. The second-order valence-corrected chi connectivity index (χ2v) is 8.59. The topological polar surface area (TPSA) is 54.4 Å². The van der Waals surface area contributed by atoms with E-state index in [1.807, 2.05) is 0 Å². The molecule has 0 aliphatic heterocycles. The van der Waals surface area contributed by atoms with Gasteiger partial charge in [-0.05, 0) is 50.4 Å². The molecule has 2 aliphatic carbocycles. The molecule has 0 aromatic carbocycles. The van der Waals surface area contributed by atoms with Crippen LogP contribution in [0.25, 0.3) is 0 Å². The fraction of sp³-hybridized carbons (Fsp3) is 1.00. The molecule has 4 atom stereocenters. The van der Waals surface area contributed by atoms with Crippen LogP contribution in [0.5, 0.6) is 0 Å². The highest BCUT2D eigenvalue weighted by Crippen LogP contribution is 2.45. The maximum atomic E-state index is 11.6. The average molecular weight is 260 g/mol. The van der Waals surface area contributed by atoms with Crippen molar-refractivity contribution in [3.05, 3.63) is 0 Å². The zero-order valence-corrected chi connectivity index (χ0v) is 11.7. The minimum absolute atomic E-state index is 0.195. The number of hydrogen-bond donors (Lipinski definition) is 1. The van der Waals surface area contributed by atoms with E-state index in [0.717, 1.165) is 38.5 Å². The number of aliphatic hydroxyl groups is 1. The van der Waals surface area contributed by atoms with Gasteiger partial charge in [0.25, 0.3) is 0 Å². The molecule has 0 aromatic rings. The van der Waals surface area contributed by atoms with Crippen molar-refractivity contribution in [2.24, 2.45) is 11.8 Å². The van der Waals surface area contributed by atoms with Gasteiger partial charge >= 0.3 is 0 Å². The lowest BCUT2D eigenvalue weighted by Crippen LogP contribution is -2.41. The summed E-state index contributed by atoms with van der Waals surface area (Å²) in [5.74, 6) is 0.777. The lowest BCUT2D eigenvalue weighted by Gasteiger charge is -2.38. The van der Waals surface area contributed by atoms with Crippen LogP contribution >= 0.6 is 0 Å². The van der Waals surface area contributed by atoms with Crippen molar-refractivity contribution in [3.8, 4) is 0 Å². The van der Waals surface area contributed by atoms with Crippen molar-refractivity contribution in [1.29, 1.82) is 0 Å². The molecule has 1 N–H and O–H groups in total. The van der Waals surface area contributed by atoms with Gasteiger partial charge in [0, 0.05) is 6.26 Å². The zero-order valence-electron chi connectivity index (χ0n) is 10.9. The Balaban J connectivity index is 2.07. The summed E-state index contributed by atoms with van der Waals surface area (Å²) in [6.45, 7) is 2.18. The van der Waals surface area contributed by atoms with Gasteiger partial charge in [-0.3, -0.25) is 0 Å². The lowest BCUT2D eigenvalue weighted by atomic mass is 9.75. The van der Waals surface area contributed by atoms with Crippen LogP contribution in [0.3, 0.4) is 0 Å². The van der Waals surface area contributed by atoms with E-state index in [9.17, 15) is 13.5 Å². The minimum Gasteiger partial charge on any atom is -0.390 e. The van der Waals surface area contributed by atoms with Gasteiger partial charge in [0.05, 0.1) is 10.9 Å². The quantitative estimate of drug-likeness (QED) is 0.827. The predicted molar refractivity (Wildman–Crippen MR) is 68.6 cm³/mol. The van der Waals surface area contributed by atoms with E-state index in [-0.39, 0.29) is 11.2 Å². The molecule has 0 radical (unpaired) electrons. The number of rotatable bonds is 2. The normalized spacial score (nSPS) is 43.8. The third-order valence-corrected chi connectivity index (χ3v) is 6.40. The van der Waals surface area contributed by atoms with Crippen LogP contribution < -0.4 is 0 Å². The summed E-state index contributed by atoms with van der Waals surface area (Å²) in [5, 5.41) is 10.5. The predicted octanol–water partition coefficient (Wildman–Crippen LogP) is 2.14. The van der Waals surface area contributed by atoms with Crippen LogP contribution in [-0.4, -0.2) is 30.6 Å². The molecule has 0 saturated heterocycles. The molecule has 0 heterocycles. The summed E-state index contributed by atoms with van der Waals surface area (Å²) in [6.07, 6.45) is 7.51. The second kappa shape index (κ2) is 4.54. The summed E-state index contributed by atoms with van der Waals surface area (Å²) in [6, 6.07) is 0.